The molecule has 0 atom stereocenters. The number of ether oxygens (including phenoxy) is 1. The minimum absolute atomic E-state index is 0.127. The number of anilines is 1. The number of nitrogens with two attached hydrogens (primary N) is 1. The maximum absolute atomic E-state index is 12.9. The molecule has 0 saturated carbocycles. The van der Waals surface area contributed by atoms with E-state index in [0.29, 0.717) is 17.7 Å². The van der Waals surface area contributed by atoms with Gasteiger partial charge in [0.2, 0.25) is 5.91 Å². The van der Waals surface area contributed by atoms with Gasteiger partial charge in [-0.3, -0.25) is 9.59 Å². The van der Waals surface area contributed by atoms with Gasteiger partial charge >= 0.3 is 5.97 Å². The molecule has 6 nitrogen and oxygen atoms in total. The molecule has 9 heteroatoms. The molecular formula is C19H21FN2O4S2. The average Bonchev–Trinajstić information content (AvgIpc) is 2.96. The number of carbonyl (C=O) groups is 3. The van der Waals surface area contributed by atoms with Crippen LogP contribution in [0.5, 0.6) is 0 Å². The van der Waals surface area contributed by atoms with Crippen LogP contribution in [0, 0.1) is 12.7 Å². The van der Waals surface area contributed by atoms with E-state index in [9.17, 15) is 18.8 Å². The van der Waals surface area contributed by atoms with Gasteiger partial charge in [0.05, 0.1) is 12.2 Å². The van der Waals surface area contributed by atoms with Gasteiger partial charge in [-0.2, -0.15) is 0 Å². The third-order valence-electron chi connectivity index (χ3n) is 3.74. The summed E-state index contributed by atoms with van der Waals surface area (Å²) in [6.07, 6.45) is 0.826. The smallest absolute Gasteiger partial charge is 0.348 e. The standard InChI is InChI=1S/C19H21FN2O4S2/c1-3-26-19(25)16-11(2)15(17(21)24)18(28-16)22-14(23)5-4-10-27-13-8-6-12(20)7-9-13/h6-9H,3-5,10H2,1-2H3,(H2,21,24)(H,22,23). The molecule has 0 aliphatic rings. The van der Waals surface area contributed by atoms with E-state index in [4.69, 9.17) is 10.5 Å². The number of amides is 2. The maximum Gasteiger partial charge on any atom is 0.348 e. The van der Waals surface area contributed by atoms with E-state index >= 15 is 0 Å². The molecular weight excluding hydrogens is 403 g/mol. The summed E-state index contributed by atoms with van der Waals surface area (Å²) in [5, 5.41) is 2.92. The number of primary amides is 1. The highest BCUT2D eigenvalue weighted by atomic mass is 32.2. The van der Waals surface area contributed by atoms with E-state index in [1.54, 1.807) is 26.0 Å². The summed E-state index contributed by atoms with van der Waals surface area (Å²) in [6.45, 7) is 3.48. The SMILES string of the molecule is CCOC(=O)c1sc(NC(=O)CCCSc2ccc(F)cc2)c(C(N)=O)c1C. The molecule has 1 aromatic heterocycles. The molecule has 3 N–H and O–H groups in total. The molecule has 0 aliphatic carbocycles. The van der Waals surface area contributed by atoms with Crippen LogP contribution in [-0.2, 0) is 9.53 Å². The number of thiophene rings is 1. The summed E-state index contributed by atoms with van der Waals surface area (Å²) in [7, 11) is 0. The van der Waals surface area contributed by atoms with Crippen LogP contribution in [0.2, 0.25) is 0 Å². The lowest BCUT2D eigenvalue weighted by atomic mass is 10.1. The first-order valence-electron chi connectivity index (χ1n) is 8.62. The van der Waals surface area contributed by atoms with E-state index in [2.05, 4.69) is 5.32 Å². The number of benzene rings is 1. The second kappa shape index (κ2) is 10.2. The number of hydrogen-bond donors (Lipinski definition) is 2. The largest absolute Gasteiger partial charge is 0.462 e. The fourth-order valence-electron chi connectivity index (χ4n) is 2.43. The van der Waals surface area contributed by atoms with Crippen molar-refractivity contribution in [3.05, 3.63) is 46.1 Å². The first-order valence-corrected chi connectivity index (χ1v) is 10.4. The first-order chi connectivity index (χ1) is 13.3. The topological polar surface area (TPSA) is 98.5 Å². The van der Waals surface area contributed by atoms with E-state index < -0.39 is 11.9 Å². The van der Waals surface area contributed by atoms with Crippen LogP contribution >= 0.6 is 23.1 Å². The van der Waals surface area contributed by atoms with Crippen molar-refractivity contribution in [3.8, 4) is 0 Å². The van der Waals surface area contributed by atoms with E-state index in [0.717, 1.165) is 16.2 Å². The Hall–Kier alpha value is -2.39. The minimum Gasteiger partial charge on any atom is -0.462 e. The molecule has 0 fully saturated rings. The molecule has 0 radical (unpaired) electrons. The molecule has 2 aromatic rings. The van der Waals surface area contributed by atoms with Crippen molar-refractivity contribution >= 4 is 45.9 Å². The average molecular weight is 425 g/mol. The number of rotatable bonds is 9. The maximum atomic E-state index is 12.9. The highest BCUT2D eigenvalue weighted by Gasteiger charge is 2.25. The lowest BCUT2D eigenvalue weighted by Crippen LogP contribution is -2.17. The predicted molar refractivity (Wildman–Crippen MR) is 109 cm³/mol. The number of hydrogen-bond acceptors (Lipinski definition) is 6. The number of nitrogens with one attached hydrogen (secondary N) is 1. The van der Waals surface area contributed by atoms with E-state index in [1.807, 2.05) is 0 Å². The fraction of sp³-hybridized carbons (Fsp3) is 0.316. The lowest BCUT2D eigenvalue weighted by molar-refractivity contribution is -0.116. The molecule has 0 unspecified atom stereocenters. The quantitative estimate of drug-likeness (QED) is 0.360. The zero-order valence-electron chi connectivity index (χ0n) is 15.5. The minimum atomic E-state index is -0.716. The Kier molecular flexibility index (Phi) is 8.01. The second-order valence-corrected chi connectivity index (χ2v) is 7.99. The molecule has 28 heavy (non-hydrogen) atoms. The van der Waals surface area contributed by atoms with Crippen molar-refractivity contribution in [1.29, 1.82) is 0 Å². The molecule has 0 aliphatic heterocycles. The van der Waals surface area contributed by atoms with Gasteiger partial charge in [0.1, 0.15) is 15.7 Å². The van der Waals surface area contributed by atoms with Gasteiger partial charge in [0.15, 0.2) is 0 Å². The van der Waals surface area contributed by atoms with Crippen molar-refractivity contribution in [3.63, 3.8) is 0 Å². The molecule has 1 aromatic carbocycles. The van der Waals surface area contributed by atoms with Crippen molar-refractivity contribution in [2.75, 3.05) is 17.7 Å². The monoisotopic (exact) mass is 424 g/mol. The lowest BCUT2D eigenvalue weighted by Gasteiger charge is -2.05. The Morgan fingerprint density at radius 2 is 1.93 bits per heavy atom. The van der Waals surface area contributed by atoms with Crippen LogP contribution in [0.1, 0.15) is 45.4 Å². The van der Waals surface area contributed by atoms with Gasteiger partial charge in [-0.15, -0.1) is 23.1 Å². The highest BCUT2D eigenvalue weighted by Crippen LogP contribution is 2.33. The van der Waals surface area contributed by atoms with Crippen LogP contribution < -0.4 is 11.1 Å². The Morgan fingerprint density at radius 1 is 1.25 bits per heavy atom. The molecule has 2 amide bonds. The number of thioether (sulfide) groups is 1. The number of halogens is 1. The van der Waals surface area contributed by atoms with Gasteiger partial charge in [-0.05, 0) is 55.9 Å². The Morgan fingerprint density at radius 3 is 2.54 bits per heavy atom. The normalized spacial score (nSPS) is 10.5. The molecule has 1 heterocycles. The first kappa shape index (κ1) is 21.9. The van der Waals surface area contributed by atoms with E-state index in [-0.39, 0.29) is 40.2 Å². The van der Waals surface area contributed by atoms with Crippen molar-refractivity contribution in [1.82, 2.24) is 0 Å². The summed E-state index contributed by atoms with van der Waals surface area (Å²) in [5.41, 5.74) is 5.94. The highest BCUT2D eigenvalue weighted by molar-refractivity contribution is 7.99. The fourth-order valence-corrected chi connectivity index (χ4v) is 4.41. The van der Waals surface area contributed by atoms with Gasteiger partial charge < -0.3 is 15.8 Å². The van der Waals surface area contributed by atoms with Crippen molar-refractivity contribution in [2.45, 2.75) is 31.6 Å². The number of esters is 1. The number of carbonyl (C=O) groups excluding carboxylic acids is 3. The summed E-state index contributed by atoms with van der Waals surface area (Å²) in [4.78, 5) is 37.2. The van der Waals surface area contributed by atoms with Gasteiger partial charge in [-0.25, -0.2) is 9.18 Å². The van der Waals surface area contributed by atoms with Crippen LogP contribution in [0.3, 0.4) is 0 Å². The van der Waals surface area contributed by atoms with Crippen LogP contribution in [0.25, 0.3) is 0 Å². The van der Waals surface area contributed by atoms with Gasteiger partial charge in [0.25, 0.3) is 5.91 Å². The summed E-state index contributed by atoms with van der Waals surface area (Å²) in [6, 6.07) is 6.15. The third kappa shape index (κ3) is 5.80. The Balaban J connectivity index is 1.95. The van der Waals surface area contributed by atoms with Crippen LogP contribution in [0.4, 0.5) is 9.39 Å². The van der Waals surface area contributed by atoms with Crippen LogP contribution in [-0.4, -0.2) is 30.1 Å². The summed E-state index contributed by atoms with van der Waals surface area (Å²) >= 11 is 2.50. The second-order valence-electron chi connectivity index (χ2n) is 5.80. The Bertz CT molecular complexity index is 866. The third-order valence-corrected chi connectivity index (χ3v) is 6.02. The van der Waals surface area contributed by atoms with Gasteiger partial charge in [-0.1, -0.05) is 0 Å². The van der Waals surface area contributed by atoms with Crippen molar-refractivity contribution < 1.29 is 23.5 Å². The molecule has 0 bridgehead atoms. The zero-order chi connectivity index (χ0) is 20.7. The summed E-state index contributed by atoms with van der Waals surface area (Å²) < 4.78 is 17.8. The van der Waals surface area contributed by atoms with Crippen molar-refractivity contribution in [2.24, 2.45) is 5.73 Å². The van der Waals surface area contributed by atoms with E-state index in [1.165, 1.54) is 23.9 Å². The molecule has 0 spiro atoms. The molecule has 0 saturated heterocycles. The Labute approximate surface area is 170 Å². The van der Waals surface area contributed by atoms with Gasteiger partial charge in [0, 0.05) is 11.3 Å². The van der Waals surface area contributed by atoms with Crippen LogP contribution in [0.15, 0.2) is 29.2 Å². The predicted octanol–water partition coefficient (Wildman–Crippen LogP) is 3.98. The summed E-state index contributed by atoms with van der Waals surface area (Å²) in [5.74, 6) is -1.16. The zero-order valence-corrected chi connectivity index (χ0v) is 17.2. The molecule has 150 valence electrons. The molecule has 2 rings (SSSR count).